The van der Waals surface area contributed by atoms with Crippen LogP contribution in [0.25, 0.3) is 0 Å². The van der Waals surface area contributed by atoms with E-state index in [9.17, 15) is 19.0 Å². The van der Waals surface area contributed by atoms with Crippen molar-refractivity contribution in [1.29, 1.82) is 0 Å². The maximum absolute atomic E-state index is 13.5. The molecule has 0 radical (unpaired) electrons. The SMILES string of the molecule is CCCCCC/C=C\CCCCCCCCCC(=O)NC(COP(=O)(O)OCC[N+](C)(C)C)C(/C=C/CCCCCCCCCCCCC)OC(=O)CCCCCCCCCCCCC. The van der Waals surface area contributed by atoms with Gasteiger partial charge in [0, 0.05) is 12.8 Å². The number of nitrogens with one attached hydrogen (secondary N) is 1. The minimum atomic E-state index is -4.43. The number of nitrogens with zero attached hydrogens (tertiary/aromatic N) is 1. The fraction of sp³-hybridized carbons (Fsp3) is 0.891. The van der Waals surface area contributed by atoms with Crippen LogP contribution < -0.4 is 5.32 Å². The van der Waals surface area contributed by atoms with Gasteiger partial charge in [-0.05, 0) is 57.4 Å². The summed E-state index contributed by atoms with van der Waals surface area (Å²) in [6.07, 6.45) is 51.6. The van der Waals surface area contributed by atoms with E-state index in [0.717, 1.165) is 64.2 Å². The highest BCUT2D eigenvalue weighted by molar-refractivity contribution is 7.47. The van der Waals surface area contributed by atoms with Crippen molar-refractivity contribution in [3.63, 3.8) is 0 Å². The first-order chi connectivity index (χ1) is 31.4. The van der Waals surface area contributed by atoms with Gasteiger partial charge < -0.3 is 19.4 Å². The van der Waals surface area contributed by atoms with E-state index in [-0.39, 0.29) is 25.1 Å². The highest BCUT2D eigenvalue weighted by atomic mass is 31.2. The second-order valence-electron chi connectivity index (χ2n) is 20.1. The van der Waals surface area contributed by atoms with Crippen LogP contribution in [0.15, 0.2) is 24.3 Å². The Morgan fingerprint density at radius 1 is 0.523 bits per heavy atom. The molecule has 0 aliphatic heterocycles. The summed E-state index contributed by atoms with van der Waals surface area (Å²) in [7, 11) is 1.50. The van der Waals surface area contributed by atoms with Gasteiger partial charge in [0.15, 0.2) is 0 Å². The highest BCUT2D eigenvalue weighted by Gasteiger charge is 2.30. The van der Waals surface area contributed by atoms with Crippen LogP contribution >= 0.6 is 7.82 Å². The summed E-state index contributed by atoms with van der Waals surface area (Å²) < 4.78 is 30.5. The van der Waals surface area contributed by atoms with Gasteiger partial charge in [0.25, 0.3) is 0 Å². The quantitative estimate of drug-likeness (QED) is 0.0205. The van der Waals surface area contributed by atoms with Crippen LogP contribution in [0.1, 0.15) is 265 Å². The van der Waals surface area contributed by atoms with Crippen molar-refractivity contribution >= 4 is 19.7 Å². The number of allylic oxidation sites excluding steroid dienone is 3. The molecule has 0 aromatic heterocycles. The predicted molar refractivity (Wildman–Crippen MR) is 277 cm³/mol. The molecule has 384 valence electrons. The second-order valence-corrected chi connectivity index (χ2v) is 21.6. The summed E-state index contributed by atoms with van der Waals surface area (Å²) in [6, 6.07) is -0.842. The van der Waals surface area contributed by atoms with E-state index in [2.05, 4.69) is 38.2 Å². The van der Waals surface area contributed by atoms with Crippen LogP contribution in [0, 0.1) is 0 Å². The number of quaternary nitrogens is 1. The van der Waals surface area contributed by atoms with Gasteiger partial charge in [-0.2, -0.15) is 0 Å². The van der Waals surface area contributed by atoms with Gasteiger partial charge in [-0.15, -0.1) is 0 Å². The first kappa shape index (κ1) is 63.5. The van der Waals surface area contributed by atoms with Crippen LogP contribution in [0.5, 0.6) is 0 Å². The molecule has 3 unspecified atom stereocenters. The number of amides is 1. The number of phosphoric ester groups is 1. The molecule has 0 aromatic carbocycles. The third-order valence-electron chi connectivity index (χ3n) is 12.4. The number of ether oxygens (including phenoxy) is 1. The molecule has 0 fully saturated rings. The van der Waals surface area contributed by atoms with Gasteiger partial charge in [-0.1, -0.05) is 219 Å². The van der Waals surface area contributed by atoms with Crippen molar-refractivity contribution in [2.24, 2.45) is 0 Å². The van der Waals surface area contributed by atoms with Crippen molar-refractivity contribution < 1.29 is 37.3 Å². The van der Waals surface area contributed by atoms with Gasteiger partial charge >= 0.3 is 13.8 Å². The van der Waals surface area contributed by atoms with Gasteiger partial charge in [0.05, 0.1) is 33.8 Å². The number of rotatable bonds is 50. The van der Waals surface area contributed by atoms with Crippen LogP contribution in [-0.2, 0) is 27.9 Å². The molecule has 0 aromatic rings. The molecule has 9 nitrogen and oxygen atoms in total. The average molecular weight is 940 g/mol. The molecule has 2 N–H and O–H groups in total. The van der Waals surface area contributed by atoms with Crippen molar-refractivity contribution in [3.8, 4) is 0 Å². The topological polar surface area (TPSA) is 111 Å². The van der Waals surface area contributed by atoms with Crippen LogP contribution in [-0.4, -0.2) is 74.3 Å². The molecule has 0 bridgehead atoms. The summed E-state index contributed by atoms with van der Waals surface area (Å²) in [5.74, 6) is -0.502. The molecule has 3 atom stereocenters. The minimum absolute atomic E-state index is 0.0424. The Bertz CT molecular complexity index is 1170. The van der Waals surface area contributed by atoms with Gasteiger partial charge in [-0.25, -0.2) is 4.57 Å². The van der Waals surface area contributed by atoms with E-state index in [1.807, 2.05) is 33.3 Å². The Hall–Kier alpha value is -1.51. The van der Waals surface area contributed by atoms with E-state index >= 15 is 0 Å². The smallest absolute Gasteiger partial charge is 0.456 e. The Kier molecular flexibility index (Phi) is 45.2. The average Bonchev–Trinajstić information content (AvgIpc) is 3.26. The van der Waals surface area contributed by atoms with Crippen LogP contribution in [0.3, 0.4) is 0 Å². The number of likely N-dealkylation sites (N-methyl/N-ethyl adjacent to an activating group) is 1. The lowest BCUT2D eigenvalue weighted by atomic mass is 10.0. The van der Waals surface area contributed by atoms with Crippen molar-refractivity contribution in [2.75, 3.05) is 40.9 Å². The number of phosphoric acid groups is 1. The lowest BCUT2D eigenvalue weighted by Crippen LogP contribution is -2.47. The van der Waals surface area contributed by atoms with Crippen LogP contribution in [0.2, 0.25) is 0 Å². The number of esters is 1. The molecule has 0 heterocycles. The van der Waals surface area contributed by atoms with Crippen molar-refractivity contribution in [2.45, 2.75) is 277 Å². The van der Waals surface area contributed by atoms with Gasteiger partial charge in [0.2, 0.25) is 5.91 Å². The monoisotopic (exact) mass is 940 g/mol. The Morgan fingerprint density at radius 3 is 1.32 bits per heavy atom. The maximum atomic E-state index is 13.5. The summed E-state index contributed by atoms with van der Waals surface area (Å²) in [5, 5.41) is 3.04. The number of unbranched alkanes of at least 4 members (excludes halogenated alkanes) is 32. The summed E-state index contributed by atoms with van der Waals surface area (Å²) >= 11 is 0. The summed E-state index contributed by atoms with van der Waals surface area (Å²) in [5.41, 5.74) is 0. The predicted octanol–water partition coefficient (Wildman–Crippen LogP) is 16.2. The zero-order chi connectivity index (χ0) is 48.0. The molecule has 0 saturated carbocycles. The Balaban J connectivity index is 5.38. The standard InChI is InChI=1S/C55H107N2O7P/c1-7-10-13-16-19-22-25-27-28-30-33-35-38-41-44-47-54(58)56-52(51-63-65(60,61)62-50-49-57(4,5)6)53(46-43-40-37-34-32-29-26-23-20-17-14-11-8-2)64-55(59)48-45-42-39-36-31-24-21-18-15-12-9-3/h22,25,43,46,52-53H,7-21,23-24,26-42,44-45,47-51H2,1-6H3,(H-,56,58,60,61)/p+1/b25-22-,46-43+. The van der Waals surface area contributed by atoms with E-state index in [1.165, 1.54) is 167 Å². The molecule has 0 rings (SSSR count). The lowest BCUT2D eigenvalue weighted by Gasteiger charge is -2.27. The largest absolute Gasteiger partial charge is 0.472 e. The summed E-state index contributed by atoms with van der Waals surface area (Å²) in [4.78, 5) is 37.5. The van der Waals surface area contributed by atoms with E-state index in [1.54, 1.807) is 0 Å². The lowest BCUT2D eigenvalue weighted by molar-refractivity contribution is -0.870. The number of carbonyl (C=O) groups is 2. The first-order valence-corrected chi connectivity index (χ1v) is 29.2. The third-order valence-corrected chi connectivity index (χ3v) is 13.4. The molecule has 0 saturated heterocycles. The fourth-order valence-corrected chi connectivity index (χ4v) is 8.79. The third kappa shape index (κ3) is 47.4. The highest BCUT2D eigenvalue weighted by Crippen LogP contribution is 2.43. The Morgan fingerprint density at radius 2 is 0.892 bits per heavy atom. The maximum Gasteiger partial charge on any atom is 0.472 e. The fourth-order valence-electron chi connectivity index (χ4n) is 8.05. The number of hydrogen-bond donors (Lipinski definition) is 2. The zero-order valence-electron chi connectivity index (χ0n) is 43.7. The molecular weight excluding hydrogens is 832 g/mol. The first-order valence-electron chi connectivity index (χ1n) is 27.7. The molecular formula is C55H108N2O7P+. The van der Waals surface area contributed by atoms with Gasteiger partial charge in [0.1, 0.15) is 19.3 Å². The van der Waals surface area contributed by atoms with Crippen molar-refractivity contribution in [3.05, 3.63) is 24.3 Å². The molecule has 0 aliphatic rings. The molecule has 65 heavy (non-hydrogen) atoms. The van der Waals surface area contributed by atoms with E-state index < -0.39 is 20.0 Å². The molecule has 0 aliphatic carbocycles. The van der Waals surface area contributed by atoms with E-state index in [4.69, 9.17) is 13.8 Å². The number of carbonyl (C=O) groups excluding carboxylic acids is 2. The van der Waals surface area contributed by atoms with Gasteiger partial charge in [-0.3, -0.25) is 18.6 Å². The minimum Gasteiger partial charge on any atom is -0.456 e. The molecule has 1 amide bonds. The van der Waals surface area contributed by atoms with Crippen LogP contribution in [0.4, 0.5) is 0 Å². The number of hydrogen-bond acceptors (Lipinski definition) is 6. The molecule has 0 spiro atoms. The second kappa shape index (κ2) is 46.2. The Labute approximate surface area is 403 Å². The normalized spacial score (nSPS) is 14.0. The summed E-state index contributed by atoms with van der Waals surface area (Å²) in [6.45, 7) is 7.00. The van der Waals surface area contributed by atoms with E-state index in [0.29, 0.717) is 23.9 Å². The zero-order valence-corrected chi connectivity index (χ0v) is 44.6. The molecule has 10 heteroatoms. The van der Waals surface area contributed by atoms with Crippen molar-refractivity contribution in [1.82, 2.24) is 5.32 Å².